The van der Waals surface area contributed by atoms with Gasteiger partial charge in [-0.25, -0.2) is 0 Å². The van der Waals surface area contributed by atoms with Crippen LogP contribution in [0.1, 0.15) is 23.6 Å². The molecule has 1 atom stereocenters. The standard InChI is InChI=1S/C12H16N2OS/c15-8-7-13-12(16)14-11-6-5-9-3-1-2-4-10(9)11/h1-4,11,15H,5-8H2,(H2,13,14,16). The van der Waals surface area contributed by atoms with Crippen molar-refractivity contribution in [3.8, 4) is 0 Å². The maximum absolute atomic E-state index is 8.68. The van der Waals surface area contributed by atoms with Crippen LogP contribution in [0.25, 0.3) is 0 Å². The largest absolute Gasteiger partial charge is 0.395 e. The second kappa shape index (κ2) is 5.27. The van der Waals surface area contributed by atoms with Gasteiger partial charge in [0.1, 0.15) is 0 Å². The number of nitrogens with one attached hydrogen (secondary N) is 2. The van der Waals surface area contributed by atoms with Gasteiger partial charge < -0.3 is 15.7 Å². The molecule has 1 aromatic carbocycles. The molecule has 3 N–H and O–H groups in total. The predicted octanol–water partition coefficient (Wildman–Crippen LogP) is 1.13. The molecule has 1 aromatic rings. The fourth-order valence-electron chi connectivity index (χ4n) is 2.09. The molecule has 16 heavy (non-hydrogen) atoms. The highest BCUT2D eigenvalue weighted by Gasteiger charge is 2.21. The molecule has 1 unspecified atom stereocenters. The molecule has 0 aromatic heterocycles. The summed E-state index contributed by atoms with van der Waals surface area (Å²) in [7, 11) is 0. The van der Waals surface area contributed by atoms with E-state index in [2.05, 4.69) is 34.9 Å². The Morgan fingerprint density at radius 3 is 3.06 bits per heavy atom. The number of thiocarbonyl (C=S) groups is 1. The highest BCUT2D eigenvalue weighted by Crippen LogP contribution is 2.30. The maximum atomic E-state index is 8.68. The van der Waals surface area contributed by atoms with Gasteiger partial charge in [0.2, 0.25) is 0 Å². The molecule has 0 bridgehead atoms. The minimum Gasteiger partial charge on any atom is -0.395 e. The van der Waals surface area contributed by atoms with Crippen molar-refractivity contribution in [2.24, 2.45) is 0 Å². The molecule has 86 valence electrons. The van der Waals surface area contributed by atoms with Crippen LogP contribution in [0.15, 0.2) is 24.3 Å². The van der Waals surface area contributed by atoms with E-state index in [1.807, 2.05) is 0 Å². The summed E-state index contributed by atoms with van der Waals surface area (Å²) < 4.78 is 0. The first-order valence-corrected chi connectivity index (χ1v) is 5.95. The monoisotopic (exact) mass is 236 g/mol. The molecule has 2 rings (SSSR count). The lowest BCUT2D eigenvalue weighted by Gasteiger charge is -2.16. The van der Waals surface area contributed by atoms with Gasteiger partial charge in [0.15, 0.2) is 5.11 Å². The van der Waals surface area contributed by atoms with Crippen molar-refractivity contribution < 1.29 is 5.11 Å². The number of aliphatic hydroxyl groups excluding tert-OH is 1. The van der Waals surface area contributed by atoms with E-state index in [9.17, 15) is 0 Å². The van der Waals surface area contributed by atoms with E-state index in [0.717, 1.165) is 12.8 Å². The van der Waals surface area contributed by atoms with Gasteiger partial charge in [-0.05, 0) is 36.2 Å². The summed E-state index contributed by atoms with van der Waals surface area (Å²) in [4.78, 5) is 0. The van der Waals surface area contributed by atoms with Crippen LogP contribution in [0.5, 0.6) is 0 Å². The summed E-state index contributed by atoms with van der Waals surface area (Å²) >= 11 is 5.15. The van der Waals surface area contributed by atoms with Crippen molar-refractivity contribution in [3.05, 3.63) is 35.4 Å². The van der Waals surface area contributed by atoms with Crippen LogP contribution in [0.2, 0.25) is 0 Å². The van der Waals surface area contributed by atoms with Crippen LogP contribution in [0, 0.1) is 0 Å². The SMILES string of the molecule is OCCNC(=S)NC1CCc2ccccc21. The van der Waals surface area contributed by atoms with E-state index in [4.69, 9.17) is 17.3 Å². The van der Waals surface area contributed by atoms with E-state index < -0.39 is 0 Å². The van der Waals surface area contributed by atoms with Crippen LogP contribution in [-0.4, -0.2) is 23.4 Å². The molecule has 4 heteroatoms. The molecule has 1 aliphatic rings. The highest BCUT2D eigenvalue weighted by atomic mass is 32.1. The van der Waals surface area contributed by atoms with E-state index in [1.165, 1.54) is 11.1 Å². The number of rotatable bonds is 3. The average molecular weight is 236 g/mol. The van der Waals surface area contributed by atoms with Gasteiger partial charge in [0.05, 0.1) is 12.6 Å². The average Bonchev–Trinajstić information content (AvgIpc) is 2.70. The Kier molecular flexibility index (Phi) is 3.74. The van der Waals surface area contributed by atoms with Gasteiger partial charge >= 0.3 is 0 Å². The topological polar surface area (TPSA) is 44.3 Å². The fourth-order valence-corrected chi connectivity index (χ4v) is 2.33. The summed E-state index contributed by atoms with van der Waals surface area (Å²) in [5.74, 6) is 0. The van der Waals surface area contributed by atoms with Gasteiger partial charge in [-0.1, -0.05) is 24.3 Å². The van der Waals surface area contributed by atoms with Crippen molar-refractivity contribution in [2.75, 3.05) is 13.2 Å². The zero-order valence-corrected chi connectivity index (χ0v) is 9.89. The number of hydrogen-bond donors (Lipinski definition) is 3. The maximum Gasteiger partial charge on any atom is 0.166 e. The Bertz CT molecular complexity index is 381. The molecule has 0 heterocycles. The van der Waals surface area contributed by atoms with Gasteiger partial charge in [0, 0.05) is 6.54 Å². The molecule has 0 spiro atoms. The molecule has 0 aliphatic heterocycles. The van der Waals surface area contributed by atoms with E-state index in [0.29, 0.717) is 17.7 Å². The Hall–Kier alpha value is -1.13. The third kappa shape index (κ3) is 2.51. The number of fused-ring (bicyclic) bond motifs is 1. The lowest BCUT2D eigenvalue weighted by molar-refractivity contribution is 0.300. The Labute approximate surface area is 101 Å². The Balaban J connectivity index is 1.95. The van der Waals surface area contributed by atoms with E-state index in [-0.39, 0.29) is 6.61 Å². The normalized spacial score (nSPS) is 17.9. The third-order valence-electron chi connectivity index (χ3n) is 2.84. The van der Waals surface area contributed by atoms with Crippen molar-refractivity contribution in [3.63, 3.8) is 0 Å². The quantitative estimate of drug-likeness (QED) is 0.688. The second-order valence-electron chi connectivity index (χ2n) is 3.91. The zero-order chi connectivity index (χ0) is 11.4. The molecule has 0 saturated heterocycles. The highest BCUT2D eigenvalue weighted by molar-refractivity contribution is 7.80. The summed E-state index contributed by atoms with van der Waals surface area (Å²) in [6.45, 7) is 0.600. The Morgan fingerprint density at radius 2 is 2.25 bits per heavy atom. The summed E-state index contributed by atoms with van der Waals surface area (Å²) in [6.07, 6.45) is 2.19. The summed E-state index contributed by atoms with van der Waals surface area (Å²) in [5, 5.41) is 15.5. The van der Waals surface area contributed by atoms with Gasteiger partial charge in [-0.3, -0.25) is 0 Å². The molecular formula is C12H16N2OS. The van der Waals surface area contributed by atoms with E-state index in [1.54, 1.807) is 0 Å². The van der Waals surface area contributed by atoms with Gasteiger partial charge in [-0.15, -0.1) is 0 Å². The van der Waals surface area contributed by atoms with Crippen LogP contribution >= 0.6 is 12.2 Å². The molecule has 0 amide bonds. The molecular weight excluding hydrogens is 220 g/mol. The van der Waals surface area contributed by atoms with Crippen molar-refractivity contribution >= 4 is 17.3 Å². The lowest BCUT2D eigenvalue weighted by atomic mass is 10.1. The van der Waals surface area contributed by atoms with Crippen LogP contribution in [-0.2, 0) is 6.42 Å². The summed E-state index contributed by atoms with van der Waals surface area (Å²) in [5.41, 5.74) is 2.75. The minimum absolute atomic E-state index is 0.100. The second-order valence-corrected chi connectivity index (χ2v) is 4.32. The Morgan fingerprint density at radius 1 is 1.44 bits per heavy atom. The third-order valence-corrected chi connectivity index (χ3v) is 3.10. The number of hydrogen-bond acceptors (Lipinski definition) is 2. The van der Waals surface area contributed by atoms with Crippen LogP contribution < -0.4 is 10.6 Å². The van der Waals surface area contributed by atoms with Gasteiger partial charge in [0.25, 0.3) is 0 Å². The van der Waals surface area contributed by atoms with Crippen molar-refractivity contribution in [1.82, 2.24) is 10.6 Å². The van der Waals surface area contributed by atoms with E-state index >= 15 is 0 Å². The number of benzene rings is 1. The minimum atomic E-state index is 0.100. The molecule has 0 saturated carbocycles. The molecule has 0 radical (unpaired) electrons. The van der Waals surface area contributed by atoms with Crippen LogP contribution in [0.3, 0.4) is 0 Å². The number of aliphatic hydroxyl groups is 1. The van der Waals surface area contributed by atoms with Gasteiger partial charge in [-0.2, -0.15) is 0 Å². The molecule has 0 fully saturated rings. The smallest absolute Gasteiger partial charge is 0.166 e. The summed E-state index contributed by atoms with van der Waals surface area (Å²) in [6, 6.07) is 8.76. The molecule has 1 aliphatic carbocycles. The first-order valence-electron chi connectivity index (χ1n) is 5.54. The van der Waals surface area contributed by atoms with Crippen molar-refractivity contribution in [1.29, 1.82) is 0 Å². The zero-order valence-electron chi connectivity index (χ0n) is 9.07. The molecule has 3 nitrogen and oxygen atoms in total. The first kappa shape index (κ1) is 11.4. The van der Waals surface area contributed by atoms with Crippen molar-refractivity contribution in [2.45, 2.75) is 18.9 Å². The first-order chi connectivity index (χ1) is 7.81. The predicted molar refractivity (Wildman–Crippen MR) is 68.3 cm³/mol. The fraction of sp³-hybridized carbons (Fsp3) is 0.417. The van der Waals surface area contributed by atoms with Crippen LogP contribution in [0.4, 0.5) is 0 Å². The lowest BCUT2D eigenvalue weighted by Crippen LogP contribution is -2.38. The number of aryl methyl sites for hydroxylation is 1.